The Hall–Kier alpha value is -5.03. The Bertz CT molecular complexity index is 2030. The molecule has 0 aliphatic heterocycles. The maximum absolute atomic E-state index is 13.7. The lowest BCUT2D eigenvalue weighted by Crippen LogP contribution is -2.25. The quantitative estimate of drug-likeness (QED) is 0.269. The van der Waals surface area contributed by atoms with Gasteiger partial charge in [0.1, 0.15) is 22.9 Å². The standard InChI is InChI=1S/C30H24FN5O4S/c1-32-30(37)28-21-13-20(24-15-33-16-25(35-24)23-12-18-6-4-5-7-22(18)34-23)26(36(2)41(3,38)39)14-27(21)40-29(28)17-8-10-19(31)11-9-17/h4-16,34H,1-3H3,(H,32,37). The van der Waals surface area contributed by atoms with Crippen molar-refractivity contribution in [2.24, 2.45) is 0 Å². The molecule has 0 saturated heterocycles. The molecule has 0 bridgehead atoms. The number of carbonyl (C=O) groups is 1. The minimum absolute atomic E-state index is 0.224. The van der Waals surface area contributed by atoms with Crippen LogP contribution in [0.15, 0.2) is 83.5 Å². The van der Waals surface area contributed by atoms with E-state index in [2.05, 4.69) is 15.3 Å². The molecule has 3 aromatic heterocycles. The number of aromatic nitrogens is 3. The number of H-pyrrole nitrogens is 1. The number of halogens is 1. The van der Waals surface area contributed by atoms with Crippen molar-refractivity contribution in [2.45, 2.75) is 0 Å². The van der Waals surface area contributed by atoms with Gasteiger partial charge in [0.15, 0.2) is 0 Å². The van der Waals surface area contributed by atoms with Gasteiger partial charge in [0.25, 0.3) is 5.91 Å². The van der Waals surface area contributed by atoms with E-state index in [9.17, 15) is 17.6 Å². The molecule has 6 aromatic rings. The molecule has 0 aliphatic rings. The first kappa shape index (κ1) is 26.2. The van der Waals surface area contributed by atoms with Crippen LogP contribution in [0, 0.1) is 5.82 Å². The van der Waals surface area contributed by atoms with E-state index in [0.29, 0.717) is 27.9 Å². The molecule has 11 heteroatoms. The number of hydrogen-bond acceptors (Lipinski definition) is 6. The van der Waals surface area contributed by atoms with Gasteiger partial charge in [-0.15, -0.1) is 0 Å². The van der Waals surface area contributed by atoms with Crippen molar-refractivity contribution in [3.63, 3.8) is 0 Å². The summed E-state index contributed by atoms with van der Waals surface area (Å²) in [6.45, 7) is 0. The Morgan fingerprint density at radius 3 is 2.46 bits per heavy atom. The van der Waals surface area contributed by atoms with Crippen molar-refractivity contribution in [3.8, 4) is 34.0 Å². The average molecular weight is 570 g/mol. The summed E-state index contributed by atoms with van der Waals surface area (Å²) in [5.41, 5.74) is 4.32. The van der Waals surface area contributed by atoms with Crippen LogP contribution >= 0.6 is 0 Å². The van der Waals surface area contributed by atoms with Gasteiger partial charge >= 0.3 is 0 Å². The molecule has 0 radical (unpaired) electrons. The fourth-order valence-electron chi connectivity index (χ4n) is 4.77. The first-order chi connectivity index (χ1) is 19.6. The first-order valence-electron chi connectivity index (χ1n) is 12.6. The maximum Gasteiger partial charge on any atom is 0.255 e. The molecule has 1 amide bonds. The molecular formula is C30H24FN5O4S. The van der Waals surface area contributed by atoms with Crippen LogP contribution in [0.4, 0.5) is 10.1 Å². The van der Waals surface area contributed by atoms with E-state index in [4.69, 9.17) is 9.40 Å². The minimum atomic E-state index is -3.70. The van der Waals surface area contributed by atoms with Gasteiger partial charge in [-0.05, 0) is 42.5 Å². The number of hydrogen-bond donors (Lipinski definition) is 2. The van der Waals surface area contributed by atoms with Crippen molar-refractivity contribution < 1.29 is 22.0 Å². The second-order valence-corrected chi connectivity index (χ2v) is 11.6. The van der Waals surface area contributed by atoms with Crippen molar-refractivity contribution in [1.29, 1.82) is 0 Å². The van der Waals surface area contributed by atoms with Gasteiger partial charge in [-0.1, -0.05) is 18.2 Å². The smallest absolute Gasteiger partial charge is 0.255 e. The van der Waals surface area contributed by atoms with Gasteiger partial charge in [-0.3, -0.25) is 14.1 Å². The van der Waals surface area contributed by atoms with Crippen molar-refractivity contribution in [1.82, 2.24) is 20.3 Å². The third kappa shape index (κ3) is 4.70. The molecular weight excluding hydrogens is 545 g/mol. The topological polar surface area (TPSA) is 121 Å². The Labute approximate surface area is 234 Å². The van der Waals surface area contributed by atoms with Crippen molar-refractivity contribution in [2.75, 3.05) is 24.7 Å². The summed E-state index contributed by atoms with van der Waals surface area (Å²) in [6.07, 6.45) is 4.25. The number of fused-ring (bicyclic) bond motifs is 2. The van der Waals surface area contributed by atoms with E-state index in [0.717, 1.165) is 27.2 Å². The third-order valence-electron chi connectivity index (χ3n) is 6.92. The van der Waals surface area contributed by atoms with Crippen LogP contribution in [-0.2, 0) is 10.0 Å². The van der Waals surface area contributed by atoms with Crippen molar-refractivity contribution in [3.05, 3.63) is 90.5 Å². The highest BCUT2D eigenvalue weighted by Crippen LogP contribution is 2.41. The second-order valence-electron chi connectivity index (χ2n) is 9.55. The number of sulfonamides is 1. The molecule has 3 heterocycles. The average Bonchev–Trinajstić information content (AvgIpc) is 3.57. The summed E-state index contributed by atoms with van der Waals surface area (Å²) >= 11 is 0. The van der Waals surface area contributed by atoms with Crippen LogP contribution in [0.1, 0.15) is 10.4 Å². The van der Waals surface area contributed by atoms with Crippen LogP contribution in [0.25, 0.3) is 55.8 Å². The number of furan rings is 1. The second kappa shape index (κ2) is 9.86. The van der Waals surface area contributed by atoms with Gasteiger partial charge in [0, 0.05) is 47.6 Å². The van der Waals surface area contributed by atoms with E-state index in [1.807, 2.05) is 30.3 Å². The number of amides is 1. The largest absolute Gasteiger partial charge is 0.455 e. The number of rotatable bonds is 6. The van der Waals surface area contributed by atoms with Gasteiger partial charge < -0.3 is 14.7 Å². The van der Waals surface area contributed by atoms with E-state index in [-0.39, 0.29) is 22.6 Å². The number of benzene rings is 3. The number of anilines is 1. The summed E-state index contributed by atoms with van der Waals surface area (Å²) in [6, 6.07) is 18.6. The number of aromatic amines is 1. The van der Waals surface area contributed by atoms with Crippen LogP contribution in [0.2, 0.25) is 0 Å². The van der Waals surface area contributed by atoms with Crippen LogP contribution in [0.3, 0.4) is 0 Å². The van der Waals surface area contributed by atoms with E-state index in [1.54, 1.807) is 18.3 Å². The number of nitrogens with one attached hydrogen (secondary N) is 2. The molecule has 0 aliphatic carbocycles. The van der Waals surface area contributed by atoms with Gasteiger partial charge in [-0.25, -0.2) is 17.8 Å². The molecule has 6 rings (SSSR count). The lowest BCUT2D eigenvalue weighted by atomic mass is 10.0. The highest BCUT2D eigenvalue weighted by molar-refractivity contribution is 7.92. The molecule has 3 aromatic carbocycles. The lowest BCUT2D eigenvalue weighted by Gasteiger charge is -2.20. The number of nitrogens with zero attached hydrogens (tertiary/aromatic N) is 3. The summed E-state index contributed by atoms with van der Waals surface area (Å²) in [5.74, 6) is -0.627. The number of carbonyl (C=O) groups excluding carboxylic acids is 1. The Morgan fingerprint density at radius 2 is 1.76 bits per heavy atom. The molecule has 0 unspecified atom stereocenters. The maximum atomic E-state index is 13.7. The predicted molar refractivity (Wildman–Crippen MR) is 157 cm³/mol. The van der Waals surface area contributed by atoms with Crippen molar-refractivity contribution >= 4 is 43.5 Å². The summed E-state index contributed by atoms with van der Waals surface area (Å²) in [4.78, 5) is 25.7. The molecule has 206 valence electrons. The summed E-state index contributed by atoms with van der Waals surface area (Å²) in [5, 5.41) is 4.08. The zero-order chi connectivity index (χ0) is 28.9. The fourth-order valence-corrected chi connectivity index (χ4v) is 5.28. The molecule has 2 N–H and O–H groups in total. The zero-order valence-corrected chi connectivity index (χ0v) is 23.1. The Balaban J connectivity index is 1.61. The van der Waals surface area contributed by atoms with Gasteiger partial charge in [0.05, 0.1) is 41.3 Å². The van der Waals surface area contributed by atoms with Gasteiger partial charge in [-0.2, -0.15) is 0 Å². The molecule has 0 fully saturated rings. The summed E-state index contributed by atoms with van der Waals surface area (Å²) in [7, 11) is -0.773. The molecule has 0 saturated carbocycles. The first-order valence-corrected chi connectivity index (χ1v) is 14.4. The van der Waals surface area contributed by atoms with Crippen LogP contribution in [0.5, 0.6) is 0 Å². The van der Waals surface area contributed by atoms with E-state index < -0.39 is 21.7 Å². The van der Waals surface area contributed by atoms with Crippen LogP contribution < -0.4 is 9.62 Å². The third-order valence-corrected chi connectivity index (χ3v) is 8.11. The molecule has 0 spiro atoms. The van der Waals surface area contributed by atoms with Crippen LogP contribution in [-0.4, -0.2) is 49.6 Å². The SMILES string of the molecule is CNC(=O)c1c(-c2ccc(F)cc2)oc2cc(N(C)S(C)(=O)=O)c(-c3cncc(-c4cc5ccccc5[nH]4)n3)cc12. The predicted octanol–water partition coefficient (Wildman–Crippen LogP) is 5.60. The highest BCUT2D eigenvalue weighted by atomic mass is 32.2. The van der Waals surface area contributed by atoms with E-state index in [1.165, 1.54) is 44.6 Å². The molecule has 9 nitrogen and oxygen atoms in total. The normalized spacial score (nSPS) is 11.7. The Morgan fingerprint density at radius 1 is 1.02 bits per heavy atom. The molecule has 0 atom stereocenters. The monoisotopic (exact) mass is 569 g/mol. The number of para-hydroxylation sites is 1. The Kier molecular flexibility index (Phi) is 6.30. The van der Waals surface area contributed by atoms with E-state index >= 15 is 0 Å². The minimum Gasteiger partial charge on any atom is -0.455 e. The summed E-state index contributed by atoms with van der Waals surface area (Å²) < 4.78 is 46.2. The highest BCUT2D eigenvalue weighted by Gasteiger charge is 2.26. The molecule has 41 heavy (non-hydrogen) atoms. The lowest BCUT2D eigenvalue weighted by molar-refractivity contribution is 0.0964. The zero-order valence-electron chi connectivity index (χ0n) is 22.3. The fraction of sp³-hybridized carbons (Fsp3) is 0.100. The van der Waals surface area contributed by atoms with Gasteiger partial charge in [0.2, 0.25) is 10.0 Å².